The van der Waals surface area contributed by atoms with Gasteiger partial charge in [0.2, 0.25) is 0 Å². The third-order valence-electron chi connectivity index (χ3n) is 2.69. The lowest BCUT2D eigenvalue weighted by molar-refractivity contribution is 0.558. The molecule has 0 spiro atoms. The molecule has 0 fully saturated rings. The van der Waals surface area contributed by atoms with Crippen molar-refractivity contribution in [3.05, 3.63) is 35.7 Å². The molecule has 1 atom stereocenters. The van der Waals surface area contributed by atoms with E-state index < -0.39 is 0 Å². The molecule has 0 aliphatic carbocycles. The van der Waals surface area contributed by atoms with Crippen LogP contribution in [0.2, 0.25) is 0 Å². The van der Waals surface area contributed by atoms with E-state index in [1.165, 1.54) is 15.3 Å². The molecule has 102 valence electrons. The summed E-state index contributed by atoms with van der Waals surface area (Å²) in [5.41, 5.74) is 4.07. The first-order valence-corrected chi connectivity index (χ1v) is 7.04. The highest BCUT2D eigenvalue weighted by Crippen LogP contribution is 2.19. The van der Waals surface area contributed by atoms with E-state index in [0.717, 1.165) is 5.75 Å². The van der Waals surface area contributed by atoms with Crippen LogP contribution in [0.5, 0.6) is 0 Å². The topological polar surface area (TPSA) is 81.7 Å². The number of benzene rings is 1. The summed E-state index contributed by atoms with van der Waals surface area (Å²) in [5.74, 6) is 7.13. The van der Waals surface area contributed by atoms with E-state index >= 15 is 0 Å². The van der Waals surface area contributed by atoms with E-state index in [0.29, 0.717) is 12.2 Å². The Hall–Kier alpha value is -1.44. The minimum absolute atomic E-state index is 0.121. The van der Waals surface area contributed by atoms with Gasteiger partial charge >= 0.3 is 0 Å². The molecule has 6 nitrogen and oxygen atoms in total. The Labute approximate surface area is 116 Å². The van der Waals surface area contributed by atoms with Gasteiger partial charge in [0.05, 0.1) is 7.05 Å². The first-order valence-electron chi connectivity index (χ1n) is 6.06. The number of nitrogens with zero attached hydrogens (tertiary/aromatic N) is 4. The zero-order valence-corrected chi connectivity index (χ0v) is 11.9. The van der Waals surface area contributed by atoms with Crippen LogP contribution in [0.15, 0.2) is 29.2 Å². The summed E-state index contributed by atoms with van der Waals surface area (Å²) in [6, 6.07) is 8.58. The molecule has 1 aromatic carbocycles. The van der Waals surface area contributed by atoms with E-state index in [2.05, 4.69) is 52.0 Å². The predicted octanol–water partition coefficient (Wildman–Crippen LogP) is 0.685. The van der Waals surface area contributed by atoms with Crippen molar-refractivity contribution < 1.29 is 0 Å². The van der Waals surface area contributed by atoms with Gasteiger partial charge in [-0.05, 0) is 24.3 Å². The Bertz CT molecular complexity index is 509. The number of hydrogen-bond acceptors (Lipinski definition) is 6. The molecule has 7 heteroatoms. The Morgan fingerprint density at radius 2 is 2.11 bits per heavy atom. The van der Waals surface area contributed by atoms with Crippen LogP contribution in [0.4, 0.5) is 0 Å². The number of nitrogens with two attached hydrogens (primary N) is 1. The number of rotatable bonds is 6. The van der Waals surface area contributed by atoms with E-state index in [1.807, 2.05) is 0 Å². The monoisotopic (exact) mass is 278 g/mol. The summed E-state index contributed by atoms with van der Waals surface area (Å²) in [4.78, 5) is 2.69. The lowest BCUT2D eigenvalue weighted by atomic mass is 10.2. The molecule has 0 saturated heterocycles. The zero-order valence-electron chi connectivity index (χ0n) is 11.1. The largest absolute Gasteiger partial charge is 0.271 e. The normalized spacial score (nSPS) is 12.6. The van der Waals surface area contributed by atoms with E-state index in [9.17, 15) is 0 Å². The first-order chi connectivity index (χ1) is 9.17. The van der Waals surface area contributed by atoms with Crippen molar-refractivity contribution in [1.82, 2.24) is 25.6 Å². The van der Waals surface area contributed by atoms with Crippen molar-refractivity contribution >= 4 is 11.8 Å². The van der Waals surface area contributed by atoms with Gasteiger partial charge in [0.1, 0.15) is 0 Å². The van der Waals surface area contributed by atoms with Crippen LogP contribution >= 0.6 is 11.8 Å². The number of hydrazine groups is 1. The number of tetrazole rings is 1. The minimum Gasteiger partial charge on any atom is -0.271 e. The molecule has 2 rings (SSSR count). The Kier molecular flexibility index (Phi) is 4.89. The van der Waals surface area contributed by atoms with Crippen LogP contribution in [-0.2, 0) is 13.5 Å². The van der Waals surface area contributed by atoms with Gasteiger partial charge in [-0.1, -0.05) is 17.7 Å². The van der Waals surface area contributed by atoms with Gasteiger partial charge in [0.15, 0.2) is 5.82 Å². The second-order valence-corrected chi connectivity index (χ2v) is 5.48. The maximum absolute atomic E-state index is 5.57. The molecule has 19 heavy (non-hydrogen) atoms. The van der Waals surface area contributed by atoms with Crippen LogP contribution in [0.3, 0.4) is 0 Å². The van der Waals surface area contributed by atoms with Gasteiger partial charge in [0.25, 0.3) is 0 Å². The highest BCUT2D eigenvalue weighted by Gasteiger charge is 2.12. The molecule has 0 radical (unpaired) electrons. The van der Waals surface area contributed by atoms with Crippen molar-refractivity contribution in [1.29, 1.82) is 0 Å². The molecular weight excluding hydrogens is 260 g/mol. The maximum Gasteiger partial charge on any atom is 0.176 e. The molecule has 0 aliphatic heterocycles. The SMILES string of the molecule is Cc1ccc(SCC(Cc2nnn(C)n2)NN)cc1. The van der Waals surface area contributed by atoms with E-state index in [-0.39, 0.29) is 6.04 Å². The number of aromatic nitrogens is 4. The average Bonchev–Trinajstić information content (AvgIpc) is 2.82. The van der Waals surface area contributed by atoms with Crippen molar-refractivity contribution in [2.24, 2.45) is 12.9 Å². The molecule has 0 saturated carbocycles. The Morgan fingerprint density at radius 3 is 2.68 bits per heavy atom. The van der Waals surface area contributed by atoms with Crippen LogP contribution in [0, 0.1) is 6.92 Å². The predicted molar refractivity (Wildman–Crippen MR) is 75.5 cm³/mol. The molecule has 3 N–H and O–H groups in total. The number of thioether (sulfide) groups is 1. The second-order valence-electron chi connectivity index (χ2n) is 4.39. The lowest BCUT2D eigenvalue weighted by Crippen LogP contribution is -2.39. The molecule has 1 aromatic heterocycles. The number of aryl methyl sites for hydroxylation is 2. The highest BCUT2D eigenvalue weighted by atomic mass is 32.2. The molecule has 2 aromatic rings. The summed E-state index contributed by atoms with van der Waals surface area (Å²) < 4.78 is 0. The summed E-state index contributed by atoms with van der Waals surface area (Å²) in [7, 11) is 1.75. The minimum atomic E-state index is 0.121. The van der Waals surface area contributed by atoms with Gasteiger partial charge in [-0.25, -0.2) is 0 Å². The molecule has 0 amide bonds. The summed E-state index contributed by atoms with van der Waals surface area (Å²) in [6.07, 6.45) is 0.670. The van der Waals surface area contributed by atoms with Crippen molar-refractivity contribution in [3.8, 4) is 0 Å². The number of nitrogens with one attached hydrogen (secondary N) is 1. The van der Waals surface area contributed by atoms with Crippen molar-refractivity contribution in [3.63, 3.8) is 0 Å². The standard InChI is InChI=1S/C12H18N6S/c1-9-3-5-11(6-4-9)19-8-10(14-13)7-12-15-17-18(2)16-12/h3-6,10,14H,7-8,13H2,1-2H3. The van der Waals surface area contributed by atoms with Gasteiger partial charge in [-0.3, -0.25) is 11.3 Å². The van der Waals surface area contributed by atoms with Crippen LogP contribution in [0.25, 0.3) is 0 Å². The fraction of sp³-hybridized carbons (Fsp3) is 0.417. The van der Waals surface area contributed by atoms with Crippen LogP contribution in [0.1, 0.15) is 11.4 Å². The van der Waals surface area contributed by atoms with Gasteiger partial charge in [-0.2, -0.15) is 4.80 Å². The summed E-state index contributed by atoms with van der Waals surface area (Å²) in [6.45, 7) is 2.08. The summed E-state index contributed by atoms with van der Waals surface area (Å²) >= 11 is 1.76. The Morgan fingerprint density at radius 1 is 1.37 bits per heavy atom. The summed E-state index contributed by atoms with van der Waals surface area (Å²) in [5, 5.41) is 11.9. The molecule has 1 unspecified atom stereocenters. The molecule has 0 bridgehead atoms. The van der Waals surface area contributed by atoms with Crippen molar-refractivity contribution in [2.45, 2.75) is 24.3 Å². The second kappa shape index (κ2) is 6.65. The third-order valence-corrected chi connectivity index (χ3v) is 3.86. The zero-order chi connectivity index (χ0) is 13.7. The van der Waals surface area contributed by atoms with Crippen LogP contribution < -0.4 is 11.3 Å². The molecular formula is C12H18N6S. The molecule has 0 aliphatic rings. The smallest absolute Gasteiger partial charge is 0.176 e. The van der Waals surface area contributed by atoms with Crippen molar-refractivity contribution in [2.75, 3.05) is 5.75 Å². The quantitative estimate of drug-likeness (QED) is 0.459. The third kappa shape index (κ3) is 4.30. The highest BCUT2D eigenvalue weighted by molar-refractivity contribution is 7.99. The maximum atomic E-state index is 5.57. The first kappa shape index (κ1) is 14.0. The lowest BCUT2D eigenvalue weighted by Gasteiger charge is -2.13. The van der Waals surface area contributed by atoms with Crippen LogP contribution in [-0.4, -0.2) is 32.0 Å². The number of hydrogen-bond donors (Lipinski definition) is 2. The van der Waals surface area contributed by atoms with E-state index in [4.69, 9.17) is 5.84 Å². The fourth-order valence-corrected chi connectivity index (χ4v) is 2.56. The van der Waals surface area contributed by atoms with Gasteiger partial charge in [-0.15, -0.1) is 22.0 Å². The Balaban J connectivity index is 1.87. The van der Waals surface area contributed by atoms with Gasteiger partial charge < -0.3 is 0 Å². The average molecular weight is 278 g/mol. The van der Waals surface area contributed by atoms with E-state index in [1.54, 1.807) is 18.8 Å². The van der Waals surface area contributed by atoms with Gasteiger partial charge in [0, 0.05) is 23.1 Å². The fourth-order valence-electron chi connectivity index (χ4n) is 1.62. The molecule has 1 heterocycles.